The molecule has 0 saturated heterocycles. The van der Waals surface area contributed by atoms with Crippen LogP contribution in [0.2, 0.25) is 0 Å². The van der Waals surface area contributed by atoms with Crippen LogP contribution in [0.15, 0.2) is 53.8 Å². The van der Waals surface area contributed by atoms with E-state index in [0.717, 1.165) is 25.8 Å². The van der Waals surface area contributed by atoms with Crippen LogP contribution >= 0.6 is 0 Å². The predicted octanol–water partition coefficient (Wildman–Crippen LogP) is 3.93. The third-order valence-corrected chi connectivity index (χ3v) is 4.23. The van der Waals surface area contributed by atoms with Gasteiger partial charge < -0.3 is 4.90 Å². The Labute approximate surface area is 131 Å². The van der Waals surface area contributed by atoms with Gasteiger partial charge in [0.15, 0.2) is 0 Å². The molecular formula is C18H21N3O. The second-order valence-electron chi connectivity index (χ2n) is 5.73. The maximum absolute atomic E-state index is 10.5. The molecular weight excluding hydrogens is 274 g/mol. The van der Waals surface area contributed by atoms with Gasteiger partial charge in [0.1, 0.15) is 0 Å². The number of para-hydroxylation sites is 2. The fourth-order valence-corrected chi connectivity index (χ4v) is 3.11. The SMILES string of the molecule is CN(CCCN1c2ccccc2CCc2ccccc21)N=O. The van der Waals surface area contributed by atoms with Crippen LogP contribution in [0.5, 0.6) is 0 Å². The first-order chi connectivity index (χ1) is 10.8. The molecule has 0 spiro atoms. The summed E-state index contributed by atoms with van der Waals surface area (Å²) in [6.45, 7) is 1.55. The molecule has 114 valence electrons. The molecule has 1 aliphatic heterocycles. The minimum Gasteiger partial charge on any atom is -0.341 e. The normalized spacial score (nSPS) is 13.0. The van der Waals surface area contributed by atoms with E-state index in [4.69, 9.17) is 0 Å². The van der Waals surface area contributed by atoms with Crippen molar-refractivity contribution in [3.8, 4) is 0 Å². The molecule has 0 aromatic heterocycles. The van der Waals surface area contributed by atoms with E-state index in [1.54, 1.807) is 7.05 Å². The first kappa shape index (κ1) is 14.6. The highest BCUT2D eigenvalue weighted by atomic mass is 16.3. The van der Waals surface area contributed by atoms with E-state index in [1.807, 2.05) is 0 Å². The Kier molecular flexibility index (Phi) is 4.37. The van der Waals surface area contributed by atoms with E-state index in [2.05, 4.69) is 58.7 Å². The predicted molar refractivity (Wildman–Crippen MR) is 90.3 cm³/mol. The summed E-state index contributed by atoms with van der Waals surface area (Å²) in [7, 11) is 1.72. The summed E-state index contributed by atoms with van der Waals surface area (Å²) >= 11 is 0. The fraction of sp³-hybridized carbons (Fsp3) is 0.333. The van der Waals surface area contributed by atoms with Crippen molar-refractivity contribution in [3.05, 3.63) is 64.6 Å². The first-order valence-electron chi connectivity index (χ1n) is 7.77. The Morgan fingerprint density at radius 1 is 1.00 bits per heavy atom. The highest BCUT2D eigenvalue weighted by Gasteiger charge is 2.19. The number of benzene rings is 2. The van der Waals surface area contributed by atoms with Gasteiger partial charge in [-0.1, -0.05) is 36.4 Å². The van der Waals surface area contributed by atoms with Gasteiger partial charge in [0.2, 0.25) is 0 Å². The van der Waals surface area contributed by atoms with Gasteiger partial charge in [-0.15, -0.1) is 4.91 Å². The van der Waals surface area contributed by atoms with Crippen LogP contribution in [-0.4, -0.2) is 25.1 Å². The Morgan fingerprint density at radius 2 is 1.55 bits per heavy atom. The van der Waals surface area contributed by atoms with Crippen molar-refractivity contribution in [2.45, 2.75) is 19.3 Å². The van der Waals surface area contributed by atoms with Crippen molar-refractivity contribution < 1.29 is 0 Å². The van der Waals surface area contributed by atoms with Crippen LogP contribution < -0.4 is 4.90 Å². The van der Waals surface area contributed by atoms with E-state index in [1.165, 1.54) is 27.5 Å². The van der Waals surface area contributed by atoms with Crippen molar-refractivity contribution in [1.29, 1.82) is 0 Å². The average molecular weight is 295 g/mol. The molecule has 0 N–H and O–H groups in total. The lowest BCUT2D eigenvalue weighted by atomic mass is 10.0. The van der Waals surface area contributed by atoms with Crippen molar-refractivity contribution in [3.63, 3.8) is 0 Å². The highest BCUT2D eigenvalue weighted by Crippen LogP contribution is 2.35. The standard InChI is InChI=1S/C18H21N3O/c1-20(19-22)13-6-14-21-17-9-4-2-7-15(17)11-12-16-8-3-5-10-18(16)21/h2-5,7-10H,6,11-14H2,1H3. The van der Waals surface area contributed by atoms with Gasteiger partial charge >= 0.3 is 0 Å². The summed E-state index contributed by atoms with van der Waals surface area (Å²) in [6, 6.07) is 17.2. The number of hydrogen-bond donors (Lipinski definition) is 0. The smallest absolute Gasteiger partial charge is 0.0521 e. The fourth-order valence-electron chi connectivity index (χ4n) is 3.11. The van der Waals surface area contributed by atoms with Crippen molar-refractivity contribution in [2.75, 3.05) is 25.0 Å². The Bertz CT molecular complexity index is 609. The number of anilines is 2. The lowest BCUT2D eigenvalue weighted by Gasteiger charge is -2.27. The molecule has 4 heteroatoms. The summed E-state index contributed by atoms with van der Waals surface area (Å²) in [5.41, 5.74) is 5.35. The maximum atomic E-state index is 10.5. The molecule has 2 aromatic carbocycles. The number of nitrogens with zero attached hydrogens (tertiary/aromatic N) is 3. The molecule has 0 saturated carbocycles. The summed E-state index contributed by atoms with van der Waals surface area (Å²) in [6.07, 6.45) is 3.03. The Hall–Kier alpha value is -2.36. The molecule has 1 aliphatic rings. The molecule has 0 bridgehead atoms. The quantitative estimate of drug-likeness (QED) is 0.619. The van der Waals surface area contributed by atoms with Crippen LogP contribution in [0.25, 0.3) is 0 Å². The van der Waals surface area contributed by atoms with Crippen LogP contribution in [0.3, 0.4) is 0 Å². The topological polar surface area (TPSA) is 35.9 Å². The monoisotopic (exact) mass is 295 g/mol. The largest absolute Gasteiger partial charge is 0.341 e. The van der Waals surface area contributed by atoms with Gasteiger partial charge in [0.25, 0.3) is 0 Å². The van der Waals surface area contributed by atoms with Gasteiger partial charge in [0.05, 0.1) is 5.29 Å². The summed E-state index contributed by atoms with van der Waals surface area (Å²) in [5, 5.41) is 4.40. The van der Waals surface area contributed by atoms with Crippen molar-refractivity contribution in [1.82, 2.24) is 5.01 Å². The van der Waals surface area contributed by atoms with Crippen LogP contribution in [0, 0.1) is 4.91 Å². The van der Waals surface area contributed by atoms with Gasteiger partial charge in [-0.25, -0.2) is 0 Å². The van der Waals surface area contributed by atoms with Gasteiger partial charge in [-0.3, -0.25) is 5.01 Å². The third kappa shape index (κ3) is 2.96. The highest BCUT2D eigenvalue weighted by molar-refractivity contribution is 5.71. The number of nitroso groups, excluding NO2 is 1. The summed E-state index contributed by atoms with van der Waals surface area (Å²) < 4.78 is 0. The zero-order valence-electron chi connectivity index (χ0n) is 12.9. The number of rotatable bonds is 5. The van der Waals surface area contributed by atoms with Crippen molar-refractivity contribution >= 4 is 11.4 Å². The van der Waals surface area contributed by atoms with E-state index in [9.17, 15) is 4.91 Å². The molecule has 0 fully saturated rings. The second kappa shape index (κ2) is 6.60. The summed E-state index contributed by atoms with van der Waals surface area (Å²) in [4.78, 5) is 12.9. The molecule has 0 radical (unpaired) electrons. The Morgan fingerprint density at radius 3 is 2.09 bits per heavy atom. The third-order valence-electron chi connectivity index (χ3n) is 4.23. The number of fused-ring (bicyclic) bond motifs is 2. The molecule has 1 heterocycles. The zero-order chi connectivity index (χ0) is 15.4. The molecule has 2 aromatic rings. The average Bonchev–Trinajstić information content (AvgIpc) is 2.72. The van der Waals surface area contributed by atoms with Gasteiger partial charge in [0, 0.05) is 31.5 Å². The molecule has 0 unspecified atom stereocenters. The summed E-state index contributed by atoms with van der Waals surface area (Å²) in [5.74, 6) is 0. The first-order valence-corrected chi connectivity index (χ1v) is 7.77. The molecule has 0 atom stereocenters. The lowest BCUT2D eigenvalue weighted by Crippen LogP contribution is -2.23. The molecule has 0 aliphatic carbocycles. The van der Waals surface area contributed by atoms with E-state index < -0.39 is 0 Å². The van der Waals surface area contributed by atoms with E-state index in [-0.39, 0.29) is 0 Å². The van der Waals surface area contributed by atoms with Crippen molar-refractivity contribution in [2.24, 2.45) is 5.29 Å². The van der Waals surface area contributed by atoms with Crippen LogP contribution in [-0.2, 0) is 12.8 Å². The molecule has 4 nitrogen and oxygen atoms in total. The van der Waals surface area contributed by atoms with Gasteiger partial charge in [-0.05, 0) is 42.5 Å². The molecule has 3 rings (SSSR count). The molecule has 0 amide bonds. The second-order valence-corrected chi connectivity index (χ2v) is 5.73. The Balaban J connectivity index is 1.90. The maximum Gasteiger partial charge on any atom is 0.0521 e. The minimum atomic E-state index is 0.671. The lowest BCUT2D eigenvalue weighted by molar-refractivity contribution is 0.345. The van der Waals surface area contributed by atoms with Crippen LogP contribution in [0.4, 0.5) is 11.4 Å². The van der Waals surface area contributed by atoms with Crippen LogP contribution in [0.1, 0.15) is 17.5 Å². The number of hydrogen-bond acceptors (Lipinski definition) is 3. The molecule has 22 heavy (non-hydrogen) atoms. The zero-order valence-corrected chi connectivity index (χ0v) is 12.9. The minimum absolute atomic E-state index is 0.671. The van der Waals surface area contributed by atoms with E-state index in [0.29, 0.717) is 6.54 Å². The number of aryl methyl sites for hydroxylation is 2. The van der Waals surface area contributed by atoms with Gasteiger partial charge in [-0.2, -0.15) is 0 Å². The van der Waals surface area contributed by atoms with E-state index >= 15 is 0 Å².